The van der Waals surface area contributed by atoms with Crippen LogP contribution in [0.25, 0.3) is 0 Å². The van der Waals surface area contributed by atoms with Gasteiger partial charge >= 0.3 is 0 Å². The van der Waals surface area contributed by atoms with Gasteiger partial charge in [-0.2, -0.15) is 5.06 Å². The number of amides is 1. The second-order valence-corrected chi connectivity index (χ2v) is 8.02. The highest BCUT2D eigenvalue weighted by Gasteiger charge is 2.56. The lowest BCUT2D eigenvalue weighted by Crippen LogP contribution is -2.74. The van der Waals surface area contributed by atoms with Crippen molar-refractivity contribution in [2.45, 2.75) is 104 Å². The van der Waals surface area contributed by atoms with Crippen LogP contribution < -0.4 is 0 Å². The quantitative estimate of drug-likeness (QED) is 0.716. The average Bonchev–Trinajstić information content (AvgIpc) is 2.45. The molecule has 4 nitrogen and oxygen atoms in total. The molecule has 22 heavy (non-hydrogen) atoms. The molecule has 0 aromatic heterocycles. The number of hydrogen-bond acceptors (Lipinski definition) is 3. The molecular weight excluding hydrogens is 276 g/mol. The Morgan fingerprint density at radius 3 is 2.14 bits per heavy atom. The SMILES string of the molecule is CCCCCC(C)(C)N1CC(C)(C)N(O)C(CC)(CC)C1=O. The maximum absolute atomic E-state index is 13.2. The predicted octanol–water partition coefficient (Wildman–Crippen LogP) is 4.22. The molecular formula is C18H36N2O2. The first-order chi connectivity index (χ1) is 10.1. The Labute approximate surface area is 136 Å². The number of rotatable bonds is 7. The van der Waals surface area contributed by atoms with Crippen molar-refractivity contribution < 1.29 is 10.0 Å². The molecule has 1 heterocycles. The second kappa shape index (κ2) is 6.88. The minimum absolute atomic E-state index is 0.0841. The maximum Gasteiger partial charge on any atom is 0.245 e. The highest BCUT2D eigenvalue weighted by Crippen LogP contribution is 2.40. The molecule has 130 valence electrons. The molecule has 1 fully saturated rings. The summed E-state index contributed by atoms with van der Waals surface area (Å²) in [6, 6.07) is 0. The van der Waals surface area contributed by atoms with Crippen LogP contribution in [0.2, 0.25) is 0 Å². The molecule has 1 amide bonds. The fraction of sp³-hybridized carbons (Fsp3) is 0.944. The maximum atomic E-state index is 13.2. The smallest absolute Gasteiger partial charge is 0.245 e. The van der Waals surface area contributed by atoms with E-state index in [1.165, 1.54) is 17.9 Å². The van der Waals surface area contributed by atoms with Crippen LogP contribution in [0.15, 0.2) is 0 Å². The Kier molecular flexibility index (Phi) is 6.07. The van der Waals surface area contributed by atoms with Gasteiger partial charge in [0.25, 0.3) is 0 Å². The number of carbonyl (C=O) groups is 1. The van der Waals surface area contributed by atoms with Crippen LogP contribution in [0.5, 0.6) is 0 Å². The highest BCUT2D eigenvalue weighted by atomic mass is 16.5. The lowest BCUT2D eigenvalue weighted by molar-refractivity contribution is -0.262. The van der Waals surface area contributed by atoms with Crippen LogP contribution in [-0.2, 0) is 4.79 Å². The van der Waals surface area contributed by atoms with Gasteiger partial charge in [-0.15, -0.1) is 0 Å². The third-order valence-corrected chi connectivity index (χ3v) is 5.46. The molecule has 0 atom stereocenters. The van der Waals surface area contributed by atoms with E-state index in [4.69, 9.17) is 0 Å². The van der Waals surface area contributed by atoms with Gasteiger partial charge in [0, 0.05) is 12.1 Å². The van der Waals surface area contributed by atoms with Gasteiger partial charge in [-0.05, 0) is 47.0 Å². The molecule has 1 saturated heterocycles. The van der Waals surface area contributed by atoms with E-state index in [-0.39, 0.29) is 11.4 Å². The van der Waals surface area contributed by atoms with Crippen LogP contribution in [0, 0.1) is 0 Å². The molecule has 0 aromatic rings. The third kappa shape index (κ3) is 3.33. The summed E-state index contributed by atoms with van der Waals surface area (Å²) >= 11 is 0. The lowest BCUT2D eigenvalue weighted by atomic mass is 9.79. The van der Waals surface area contributed by atoms with Crippen LogP contribution >= 0.6 is 0 Å². The summed E-state index contributed by atoms with van der Waals surface area (Å²) in [7, 11) is 0. The number of hydrogen-bond donors (Lipinski definition) is 1. The van der Waals surface area contributed by atoms with Crippen LogP contribution in [-0.4, -0.2) is 44.2 Å². The van der Waals surface area contributed by atoms with Gasteiger partial charge in [0.15, 0.2) is 0 Å². The van der Waals surface area contributed by atoms with E-state index in [0.717, 1.165) is 12.8 Å². The Balaban J connectivity index is 3.12. The van der Waals surface area contributed by atoms with Gasteiger partial charge in [0.2, 0.25) is 5.91 Å². The van der Waals surface area contributed by atoms with Crippen molar-refractivity contribution in [1.29, 1.82) is 0 Å². The number of nitrogens with zero attached hydrogens (tertiary/aromatic N) is 2. The zero-order chi connectivity index (χ0) is 17.2. The van der Waals surface area contributed by atoms with E-state index in [9.17, 15) is 10.0 Å². The van der Waals surface area contributed by atoms with E-state index in [1.54, 1.807) is 0 Å². The van der Waals surface area contributed by atoms with Gasteiger partial charge in [0.1, 0.15) is 5.54 Å². The Morgan fingerprint density at radius 1 is 1.14 bits per heavy atom. The Bertz CT molecular complexity index is 387. The number of unbranched alkanes of at least 4 members (excludes halogenated alkanes) is 2. The van der Waals surface area contributed by atoms with Gasteiger partial charge in [0.05, 0.1) is 5.54 Å². The summed E-state index contributed by atoms with van der Waals surface area (Å²) in [4.78, 5) is 15.2. The van der Waals surface area contributed by atoms with Crippen molar-refractivity contribution in [3.63, 3.8) is 0 Å². The molecule has 4 heteroatoms. The zero-order valence-electron chi connectivity index (χ0n) is 15.7. The molecule has 0 saturated carbocycles. The number of hydroxylamine groups is 2. The number of carbonyl (C=O) groups excluding carboxylic acids is 1. The predicted molar refractivity (Wildman–Crippen MR) is 91.0 cm³/mol. The fourth-order valence-corrected chi connectivity index (χ4v) is 3.73. The van der Waals surface area contributed by atoms with Crippen LogP contribution in [0.1, 0.15) is 87.0 Å². The number of piperazine rings is 1. The molecule has 1 N–H and O–H groups in total. The van der Waals surface area contributed by atoms with E-state index < -0.39 is 11.1 Å². The monoisotopic (exact) mass is 312 g/mol. The van der Waals surface area contributed by atoms with Gasteiger partial charge in [-0.25, -0.2) is 0 Å². The van der Waals surface area contributed by atoms with Crippen molar-refractivity contribution in [3.8, 4) is 0 Å². The molecule has 0 aromatic carbocycles. The normalized spacial score (nSPS) is 22.2. The molecule has 1 aliphatic heterocycles. The summed E-state index contributed by atoms with van der Waals surface area (Å²) in [5.74, 6) is 0.0841. The lowest BCUT2D eigenvalue weighted by Gasteiger charge is -2.57. The average molecular weight is 312 g/mol. The van der Waals surface area contributed by atoms with Crippen molar-refractivity contribution >= 4 is 5.91 Å². The minimum atomic E-state index is -0.788. The largest absolute Gasteiger partial charge is 0.334 e. The van der Waals surface area contributed by atoms with Crippen molar-refractivity contribution in [3.05, 3.63) is 0 Å². The first kappa shape index (κ1) is 19.4. The van der Waals surface area contributed by atoms with Crippen molar-refractivity contribution in [1.82, 2.24) is 9.96 Å². The van der Waals surface area contributed by atoms with Gasteiger partial charge in [-0.3, -0.25) is 4.79 Å². The molecule has 0 spiro atoms. The molecule has 1 rings (SSSR count). The van der Waals surface area contributed by atoms with E-state index in [1.807, 2.05) is 32.6 Å². The molecule has 0 radical (unpaired) electrons. The summed E-state index contributed by atoms with van der Waals surface area (Å²) in [5.41, 5.74) is -1.38. The summed E-state index contributed by atoms with van der Waals surface area (Å²) < 4.78 is 0. The van der Waals surface area contributed by atoms with Gasteiger partial charge < -0.3 is 10.1 Å². The van der Waals surface area contributed by atoms with Gasteiger partial charge in [-0.1, -0.05) is 40.0 Å². The fourth-order valence-electron chi connectivity index (χ4n) is 3.73. The first-order valence-electron chi connectivity index (χ1n) is 8.90. The van der Waals surface area contributed by atoms with E-state index in [0.29, 0.717) is 19.4 Å². The molecule has 0 bridgehead atoms. The van der Waals surface area contributed by atoms with E-state index >= 15 is 0 Å². The third-order valence-electron chi connectivity index (χ3n) is 5.46. The second-order valence-electron chi connectivity index (χ2n) is 8.02. The molecule has 0 unspecified atom stereocenters. The van der Waals surface area contributed by atoms with Crippen molar-refractivity contribution in [2.75, 3.05) is 6.54 Å². The molecule has 0 aliphatic carbocycles. The highest BCUT2D eigenvalue weighted by molar-refractivity contribution is 5.88. The first-order valence-corrected chi connectivity index (χ1v) is 8.90. The summed E-state index contributed by atoms with van der Waals surface area (Å²) in [6.07, 6.45) is 5.80. The van der Waals surface area contributed by atoms with Crippen molar-refractivity contribution in [2.24, 2.45) is 0 Å². The summed E-state index contributed by atoms with van der Waals surface area (Å²) in [6.45, 7) is 15.1. The molecule has 1 aliphatic rings. The Hall–Kier alpha value is -0.610. The topological polar surface area (TPSA) is 43.8 Å². The summed E-state index contributed by atoms with van der Waals surface area (Å²) in [5, 5.41) is 12.0. The zero-order valence-corrected chi connectivity index (χ0v) is 15.7. The van der Waals surface area contributed by atoms with E-state index in [2.05, 4.69) is 20.8 Å². The minimum Gasteiger partial charge on any atom is -0.334 e. The van der Waals surface area contributed by atoms with Crippen LogP contribution in [0.3, 0.4) is 0 Å². The Morgan fingerprint density at radius 2 is 1.68 bits per heavy atom. The van der Waals surface area contributed by atoms with Crippen LogP contribution in [0.4, 0.5) is 0 Å². The standard InChI is InChI=1S/C18H36N2O2/c1-8-11-12-13-16(4,5)19-14-17(6,7)20(22)18(9-2,10-3)15(19)21/h22H,8-14H2,1-7H3.